The topological polar surface area (TPSA) is 84.9 Å². The maximum atomic E-state index is 12.9. The molecule has 2 aromatic rings. The molecule has 7 heteroatoms. The molecule has 6 nitrogen and oxygen atoms in total. The maximum Gasteiger partial charge on any atom is 0.310 e. The molecule has 0 fully saturated rings. The van der Waals surface area contributed by atoms with E-state index in [0.717, 1.165) is 34.6 Å². The van der Waals surface area contributed by atoms with Gasteiger partial charge in [-0.25, -0.2) is 0 Å². The fourth-order valence-corrected chi connectivity index (χ4v) is 5.67. The number of carbonyl (C=O) groups excluding carboxylic acids is 2. The van der Waals surface area contributed by atoms with Gasteiger partial charge in [0.15, 0.2) is 0 Å². The third-order valence-corrected chi connectivity index (χ3v) is 8.54. The van der Waals surface area contributed by atoms with Crippen LogP contribution in [0.5, 0.6) is 5.75 Å². The number of benzene rings is 1. The Morgan fingerprint density at radius 3 is 2.25 bits per heavy atom. The van der Waals surface area contributed by atoms with Crippen molar-refractivity contribution in [1.82, 2.24) is 5.32 Å². The van der Waals surface area contributed by atoms with Gasteiger partial charge in [-0.1, -0.05) is 53.7 Å². The molecule has 2 rings (SSSR count). The van der Waals surface area contributed by atoms with E-state index in [1.54, 1.807) is 6.92 Å². The first-order valence-electron chi connectivity index (χ1n) is 12.7. The van der Waals surface area contributed by atoms with Gasteiger partial charge < -0.3 is 19.9 Å². The average Bonchev–Trinajstić information content (AvgIpc) is 3.23. The van der Waals surface area contributed by atoms with Crippen molar-refractivity contribution >= 4 is 23.2 Å². The van der Waals surface area contributed by atoms with E-state index in [2.05, 4.69) is 37.4 Å². The number of esters is 1. The number of thiophene rings is 1. The van der Waals surface area contributed by atoms with Crippen LogP contribution in [0.4, 0.5) is 0 Å². The maximum absolute atomic E-state index is 12.9. The van der Waals surface area contributed by atoms with Crippen LogP contribution < -0.4 is 10.1 Å². The van der Waals surface area contributed by atoms with E-state index in [-0.39, 0.29) is 35.9 Å². The molecule has 0 aliphatic heterocycles. The molecule has 0 radical (unpaired) electrons. The number of hydrogen-bond donors (Lipinski definition) is 2. The smallest absolute Gasteiger partial charge is 0.310 e. The van der Waals surface area contributed by atoms with Gasteiger partial charge >= 0.3 is 5.97 Å². The van der Waals surface area contributed by atoms with Gasteiger partial charge in [0.25, 0.3) is 5.91 Å². The molecule has 0 spiro atoms. The van der Waals surface area contributed by atoms with Gasteiger partial charge in [0.1, 0.15) is 12.4 Å². The van der Waals surface area contributed by atoms with E-state index >= 15 is 0 Å². The fourth-order valence-electron chi connectivity index (χ4n) is 4.23. The predicted molar refractivity (Wildman–Crippen MR) is 146 cm³/mol. The number of amides is 1. The molecule has 1 aromatic carbocycles. The number of aliphatic hydroxyl groups is 1. The van der Waals surface area contributed by atoms with Crippen molar-refractivity contribution in [2.45, 2.75) is 79.8 Å². The highest BCUT2D eigenvalue weighted by Crippen LogP contribution is 2.44. The molecule has 2 atom stereocenters. The molecular formula is C29H43NO5S. The molecule has 0 saturated carbocycles. The van der Waals surface area contributed by atoms with Crippen LogP contribution in [0.25, 0.3) is 0 Å². The van der Waals surface area contributed by atoms with Gasteiger partial charge in [0.2, 0.25) is 0 Å². The SMILES string of the molecule is CCC(CC)(c1ccc(OCC(O)C(C)(C)C)c(C)c1)c1cc(C)c(C(=O)NC[C@@H](C)C(=O)OC)s1. The van der Waals surface area contributed by atoms with Crippen LogP contribution in [-0.2, 0) is 14.9 Å². The van der Waals surface area contributed by atoms with Crippen LogP contribution in [0.1, 0.15) is 85.6 Å². The van der Waals surface area contributed by atoms with Gasteiger partial charge in [-0.05, 0) is 60.9 Å². The molecule has 2 N–H and O–H groups in total. The number of carbonyl (C=O) groups is 2. The van der Waals surface area contributed by atoms with E-state index in [1.807, 2.05) is 40.7 Å². The number of nitrogens with one attached hydrogen (secondary N) is 1. The minimum absolute atomic E-state index is 0.169. The molecular weight excluding hydrogens is 474 g/mol. The first-order valence-corrected chi connectivity index (χ1v) is 13.5. The predicted octanol–water partition coefficient (Wildman–Crippen LogP) is 5.80. The molecule has 36 heavy (non-hydrogen) atoms. The Morgan fingerprint density at radius 2 is 1.72 bits per heavy atom. The third-order valence-electron chi connectivity index (χ3n) is 7.10. The van der Waals surface area contributed by atoms with Gasteiger partial charge in [-0.2, -0.15) is 0 Å². The lowest BCUT2D eigenvalue weighted by Crippen LogP contribution is -2.32. The second-order valence-electron chi connectivity index (χ2n) is 10.7. The molecule has 0 saturated heterocycles. The average molecular weight is 518 g/mol. The lowest BCUT2D eigenvalue weighted by Gasteiger charge is -2.32. The highest BCUT2D eigenvalue weighted by Gasteiger charge is 2.34. The summed E-state index contributed by atoms with van der Waals surface area (Å²) in [5, 5.41) is 13.2. The summed E-state index contributed by atoms with van der Waals surface area (Å²) in [6.45, 7) is 16.5. The fraction of sp³-hybridized carbons (Fsp3) is 0.586. The summed E-state index contributed by atoms with van der Waals surface area (Å²) in [6.07, 6.45) is 1.20. The van der Waals surface area contributed by atoms with Crippen molar-refractivity contribution in [3.05, 3.63) is 50.7 Å². The quantitative estimate of drug-likeness (QED) is 0.368. The number of rotatable bonds is 11. The Hall–Kier alpha value is -2.38. The van der Waals surface area contributed by atoms with Gasteiger partial charge in [-0.15, -0.1) is 11.3 Å². The number of ether oxygens (including phenoxy) is 2. The van der Waals surface area contributed by atoms with Crippen LogP contribution in [0.2, 0.25) is 0 Å². The summed E-state index contributed by atoms with van der Waals surface area (Å²) in [7, 11) is 1.35. The van der Waals surface area contributed by atoms with Crippen molar-refractivity contribution in [3.8, 4) is 5.75 Å². The summed E-state index contributed by atoms with van der Waals surface area (Å²) >= 11 is 1.52. The number of aryl methyl sites for hydroxylation is 2. The van der Waals surface area contributed by atoms with E-state index in [4.69, 9.17) is 9.47 Å². The highest BCUT2D eigenvalue weighted by atomic mass is 32.1. The van der Waals surface area contributed by atoms with Crippen molar-refractivity contribution in [2.75, 3.05) is 20.3 Å². The zero-order chi connectivity index (χ0) is 27.3. The van der Waals surface area contributed by atoms with E-state index < -0.39 is 12.0 Å². The Kier molecular flexibility index (Phi) is 10.1. The molecule has 0 aliphatic rings. The summed E-state index contributed by atoms with van der Waals surface area (Å²) < 4.78 is 10.7. The first-order chi connectivity index (χ1) is 16.8. The minimum Gasteiger partial charge on any atom is -0.491 e. The van der Waals surface area contributed by atoms with Crippen molar-refractivity contribution < 1.29 is 24.2 Å². The second kappa shape index (κ2) is 12.2. The Bertz CT molecular complexity index is 1050. The molecule has 1 aromatic heterocycles. The zero-order valence-corrected chi connectivity index (χ0v) is 24.1. The summed E-state index contributed by atoms with van der Waals surface area (Å²) in [4.78, 5) is 26.4. The Labute approximate surface area is 220 Å². The molecule has 200 valence electrons. The van der Waals surface area contributed by atoms with Crippen molar-refractivity contribution in [3.63, 3.8) is 0 Å². The Balaban J connectivity index is 2.30. The lowest BCUT2D eigenvalue weighted by atomic mass is 9.74. The summed E-state index contributed by atoms with van der Waals surface area (Å²) in [5.74, 6) is -0.147. The van der Waals surface area contributed by atoms with Crippen LogP contribution in [0, 0.1) is 25.2 Å². The summed E-state index contributed by atoms with van der Waals surface area (Å²) in [6, 6.07) is 8.38. The van der Waals surface area contributed by atoms with E-state index in [0.29, 0.717) is 4.88 Å². The largest absolute Gasteiger partial charge is 0.491 e. The molecule has 0 aliphatic carbocycles. The first kappa shape index (κ1) is 29.8. The highest BCUT2D eigenvalue weighted by molar-refractivity contribution is 7.14. The van der Waals surface area contributed by atoms with Crippen molar-refractivity contribution in [1.29, 1.82) is 0 Å². The molecule has 1 amide bonds. The Morgan fingerprint density at radius 1 is 1.08 bits per heavy atom. The van der Waals surface area contributed by atoms with Crippen molar-refractivity contribution in [2.24, 2.45) is 11.3 Å². The number of hydrogen-bond acceptors (Lipinski definition) is 6. The monoisotopic (exact) mass is 517 g/mol. The second-order valence-corrected chi connectivity index (χ2v) is 11.8. The van der Waals surface area contributed by atoms with Crippen LogP contribution in [0.3, 0.4) is 0 Å². The molecule has 1 unspecified atom stereocenters. The van der Waals surface area contributed by atoms with E-state index in [1.165, 1.54) is 24.0 Å². The van der Waals surface area contributed by atoms with Crippen LogP contribution >= 0.6 is 11.3 Å². The van der Waals surface area contributed by atoms with Crippen LogP contribution in [0.15, 0.2) is 24.3 Å². The normalized spacial score (nSPS) is 13.7. The lowest BCUT2D eigenvalue weighted by molar-refractivity contribution is -0.144. The molecule has 1 heterocycles. The van der Waals surface area contributed by atoms with Gasteiger partial charge in [0, 0.05) is 16.8 Å². The molecule has 0 bridgehead atoms. The standard InChI is InChI=1S/C29H43NO5S/c1-10-29(11-2,21-12-13-22(18(3)14-21)35-17-23(31)28(6,7)8)24-15-19(4)25(36-24)26(32)30-16-20(5)27(33)34-9/h12-15,20,23,31H,10-11,16-17H2,1-9H3,(H,30,32)/t20-,23?/m1/s1. The number of methoxy groups -OCH3 is 1. The van der Waals surface area contributed by atoms with E-state index in [9.17, 15) is 14.7 Å². The van der Waals surface area contributed by atoms with Crippen LogP contribution in [-0.4, -0.2) is 43.3 Å². The van der Waals surface area contributed by atoms with Gasteiger partial charge in [-0.3, -0.25) is 9.59 Å². The minimum atomic E-state index is -0.559. The van der Waals surface area contributed by atoms with Gasteiger partial charge in [0.05, 0.1) is 24.0 Å². The summed E-state index contributed by atoms with van der Waals surface area (Å²) in [5.41, 5.74) is 2.65. The third kappa shape index (κ3) is 6.68. The zero-order valence-electron chi connectivity index (χ0n) is 23.3. The number of aliphatic hydroxyl groups excluding tert-OH is 1.